The molecule has 2 aliphatic rings. The standard InChI is InChI=1S/C42H47ClN4O5/c1-30-34(11-8-13-37(30)33-10-7-12-36(21-33)50-19-9-17-46-15-4-2-5-16-46)29-52-41-23-40(51-28-32-20-31(24-44)25-45-26-32)35(22-38(41)43)27-47-18-6-3-14-39(47)42(48)49/h7-8,10-13,20-23,25-26,39H,2-6,9,14-19,27-29H2,1H3,(H,48,49)/t39-/m0/s1. The van der Waals surface area contributed by atoms with Crippen molar-refractivity contribution in [3.63, 3.8) is 0 Å². The number of likely N-dealkylation sites (tertiary alicyclic amines) is 2. The molecule has 52 heavy (non-hydrogen) atoms. The summed E-state index contributed by atoms with van der Waals surface area (Å²) in [4.78, 5) is 20.7. The lowest BCUT2D eigenvalue weighted by Crippen LogP contribution is -2.44. The number of halogens is 1. The van der Waals surface area contributed by atoms with Gasteiger partial charge in [0.25, 0.3) is 0 Å². The van der Waals surface area contributed by atoms with Crippen molar-refractivity contribution in [1.82, 2.24) is 14.8 Å². The molecule has 6 rings (SSSR count). The lowest BCUT2D eigenvalue weighted by Gasteiger charge is -2.33. The van der Waals surface area contributed by atoms with E-state index in [0.717, 1.165) is 64.9 Å². The molecule has 10 heteroatoms. The molecule has 272 valence electrons. The van der Waals surface area contributed by atoms with E-state index in [0.29, 0.717) is 48.2 Å². The quantitative estimate of drug-likeness (QED) is 0.121. The molecule has 0 aliphatic carbocycles. The topological polar surface area (TPSA) is 108 Å². The fraction of sp³-hybridized carbons (Fsp3) is 0.405. The largest absolute Gasteiger partial charge is 0.494 e. The van der Waals surface area contributed by atoms with Crippen molar-refractivity contribution in [3.8, 4) is 34.4 Å². The summed E-state index contributed by atoms with van der Waals surface area (Å²) in [5.74, 6) is 1.04. The monoisotopic (exact) mass is 722 g/mol. The zero-order valence-electron chi connectivity index (χ0n) is 29.9. The summed E-state index contributed by atoms with van der Waals surface area (Å²) in [7, 11) is 0. The Kier molecular flexibility index (Phi) is 13.0. The van der Waals surface area contributed by atoms with Gasteiger partial charge in [-0.1, -0.05) is 54.8 Å². The molecule has 4 aromatic rings. The molecule has 1 atom stereocenters. The van der Waals surface area contributed by atoms with Gasteiger partial charge in [0, 0.05) is 42.7 Å². The van der Waals surface area contributed by atoms with E-state index >= 15 is 0 Å². The maximum atomic E-state index is 12.1. The fourth-order valence-electron chi connectivity index (χ4n) is 7.13. The Labute approximate surface area is 311 Å². The average molecular weight is 723 g/mol. The van der Waals surface area contributed by atoms with E-state index in [1.54, 1.807) is 18.3 Å². The van der Waals surface area contributed by atoms with Gasteiger partial charge in [0.1, 0.15) is 42.6 Å². The van der Waals surface area contributed by atoms with E-state index in [-0.39, 0.29) is 13.2 Å². The SMILES string of the molecule is Cc1c(COc2cc(OCc3cncc(C#N)c3)c(CN3CCCC[C@H]3C(=O)O)cc2Cl)cccc1-c1cccc(OCCCN2CCCCC2)c1. The van der Waals surface area contributed by atoms with Crippen LogP contribution >= 0.6 is 11.6 Å². The number of pyridine rings is 1. The van der Waals surface area contributed by atoms with Gasteiger partial charge in [-0.25, -0.2) is 0 Å². The molecule has 0 unspecified atom stereocenters. The van der Waals surface area contributed by atoms with Gasteiger partial charge in [-0.15, -0.1) is 0 Å². The highest BCUT2D eigenvalue weighted by Crippen LogP contribution is 2.36. The maximum absolute atomic E-state index is 12.1. The third kappa shape index (κ3) is 9.82. The van der Waals surface area contributed by atoms with Crippen molar-refractivity contribution >= 4 is 17.6 Å². The molecule has 0 spiro atoms. The van der Waals surface area contributed by atoms with E-state index in [1.165, 1.54) is 38.5 Å². The first-order valence-corrected chi connectivity index (χ1v) is 18.7. The van der Waals surface area contributed by atoms with Gasteiger partial charge >= 0.3 is 5.97 Å². The van der Waals surface area contributed by atoms with Crippen LogP contribution in [0.2, 0.25) is 5.02 Å². The van der Waals surface area contributed by atoms with Crippen LogP contribution in [-0.4, -0.2) is 64.7 Å². The van der Waals surface area contributed by atoms with Crippen LogP contribution < -0.4 is 14.2 Å². The number of hydrogen-bond acceptors (Lipinski definition) is 8. The van der Waals surface area contributed by atoms with E-state index in [1.807, 2.05) is 29.2 Å². The highest BCUT2D eigenvalue weighted by molar-refractivity contribution is 6.32. The number of nitrogens with zero attached hydrogens (tertiary/aromatic N) is 4. The zero-order chi connectivity index (χ0) is 36.3. The summed E-state index contributed by atoms with van der Waals surface area (Å²) in [6, 6.07) is 21.3. The van der Waals surface area contributed by atoms with Gasteiger partial charge in [-0.3, -0.25) is 14.7 Å². The molecule has 0 saturated carbocycles. The number of benzene rings is 3. The molecule has 2 saturated heterocycles. The number of rotatable bonds is 15. The van der Waals surface area contributed by atoms with E-state index < -0.39 is 12.0 Å². The molecule has 0 radical (unpaired) electrons. The van der Waals surface area contributed by atoms with Crippen LogP contribution in [0.25, 0.3) is 11.1 Å². The predicted octanol–water partition coefficient (Wildman–Crippen LogP) is 8.43. The van der Waals surface area contributed by atoms with Gasteiger partial charge in [-0.05, 0) is 105 Å². The first-order valence-electron chi connectivity index (χ1n) is 18.3. The number of piperidine rings is 2. The van der Waals surface area contributed by atoms with Gasteiger partial charge < -0.3 is 24.2 Å². The lowest BCUT2D eigenvalue weighted by atomic mass is 9.96. The van der Waals surface area contributed by atoms with Crippen LogP contribution in [0.1, 0.15) is 72.8 Å². The van der Waals surface area contributed by atoms with Crippen LogP contribution in [0.5, 0.6) is 17.2 Å². The molecule has 1 aromatic heterocycles. The third-order valence-corrected chi connectivity index (χ3v) is 10.3. The van der Waals surface area contributed by atoms with Crippen LogP contribution in [0.15, 0.2) is 73.1 Å². The van der Waals surface area contributed by atoms with Gasteiger partial charge in [0.05, 0.1) is 17.2 Å². The van der Waals surface area contributed by atoms with E-state index in [4.69, 9.17) is 25.8 Å². The molecule has 3 heterocycles. The molecule has 9 nitrogen and oxygen atoms in total. The maximum Gasteiger partial charge on any atom is 0.320 e. The number of ether oxygens (including phenoxy) is 3. The Morgan fingerprint density at radius 1 is 0.923 bits per heavy atom. The van der Waals surface area contributed by atoms with Crippen LogP contribution in [0.4, 0.5) is 0 Å². The third-order valence-electron chi connectivity index (χ3n) is 10.0. The summed E-state index contributed by atoms with van der Waals surface area (Å²) >= 11 is 6.84. The Morgan fingerprint density at radius 2 is 1.73 bits per heavy atom. The molecule has 2 fully saturated rings. The summed E-state index contributed by atoms with van der Waals surface area (Å²) in [6.45, 7) is 7.76. The molecule has 3 aromatic carbocycles. The first-order chi connectivity index (χ1) is 25.4. The Morgan fingerprint density at radius 3 is 2.56 bits per heavy atom. The number of carbonyl (C=O) groups is 1. The molecule has 0 bridgehead atoms. The van der Waals surface area contributed by atoms with E-state index in [9.17, 15) is 15.2 Å². The van der Waals surface area contributed by atoms with Crippen molar-refractivity contribution in [1.29, 1.82) is 5.26 Å². The molecule has 0 amide bonds. The van der Waals surface area contributed by atoms with Crippen molar-refractivity contribution in [2.24, 2.45) is 0 Å². The number of carboxylic acids is 1. The minimum absolute atomic E-state index is 0.168. The Balaban J connectivity index is 1.16. The number of carboxylic acid groups (broad SMARTS) is 1. The highest BCUT2D eigenvalue weighted by atomic mass is 35.5. The second-order valence-electron chi connectivity index (χ2n) is 13.7. The second-order valence-corrected chi connectivity index (χ2v) is 14.1. The van der Waals surface area contributed by atoms with Crippen molar-refractivity contribution in [2.75, 3.05) is 32.8 Å². The number of hydrogen-bond donors (Lipinski definition) is 1. The Hall–Kier alpha value is -4.62. The summed E-state index contributed by atoms with van der Waals surface area (Å²) < 4.78 is 18.8. The minimum Gasteiger partial charge on any atom is -0.494 e. The summed E-state index contributed by atoms with van der Waals surface area (Å²) in [5, 5.41) is 19.6. The van der Waals surface area contributed by atoms with Crippen LogP contribution in [0.3, 0.4) is 0 Å². The van der Waals surface area contributed by atoms with Gasteiger partial charge in [0.15, 0.2) is 0 Å². The van der Waals surface area contributed by atoms with Crippen molar-refractivity contribution < 1.29 is 24.1 Å². The van der Waals surface area contributed by atoms with Crippen LogP contribution in [0, 0.1) is 18.3 Å². The average Bonchev–Trinajstić information content (AvgIpc) is 3.17. The molecular weight excluding hydrogens is 676 g/mol. The normalized spacial score (nSPS) is 16.6. The molecular formula is C42H47ClN4O5. The first kappa shape index (κ1) is 37.1. The second kappa shape index (κ2) is 18.2. The predicted molar refractivity (Wildman–Crippen MR) is 202 cm³/mol. The fourth-order valence-corrected chi connectivity index (χ4v) is 7.38. The van der Waals surface area contributed by atoms with Crippen molar-refractivity contribution in [3.05, 3.63) is 106 Å². The van der Waals surface area contributed by atoms with E-state index in [2.05, 4.69) is 47.1 Å². The number of aromatic nitrogens is 1. The molecule has 1 N–H and O–H groups in total. The molecule has 2 aliphatic heterocycles. The summed E-state index contributed by atoms with van der Waals surface area (Å²) in [6.07, 6.45) is 10.5. The number of aliphatic carboxylic acids is 1. The summed E-state index contributed by atoms with van der Waals surface area (Å²) in [5.41, 5.74) is 6.25. The number of nitriles is 1. The van der Waals surface area contributed by atoms with Crippen LogP contribution in [-0.2, 0) is 24.6 Å². The highest BCUT2D eigenvalue weighted by Gasteiger charge is 2.29. The van der Waals surface area contributed by atoms with Gasteiger partial charge in [0.2, 0.25) is 0 Å². The zero-order valence-corrected chi connectivity index (χ0v) is 30.6. The minimum atomic E-state index is -0.826. The lowest BCUT2D eigenvalue weighted by molar-refractivity contribution is -0.144. The van der Waals surface area contributed by atoms with Crippen molar-refractivity contribution in [2.45, 2.75) is 77.7 Å². The smallest absolute Gasteiger partial charge is 0.320 e. The Bertz CT molecular complexity index is 1870. The van der Waals surface area contributed by atoms with Gasteiger partial charge in [-0.2, -0.15) is 5.26 Å².